The van der Waals surface area contributed by atoms with Gasteiger partial charge < -0.3 is 9.13 Å². The second-order valence-electron chi connectivity index (χ2n) is 13.7. The summed E-state index contributed by atoms with van der Waals surface area (Å²) in [6, 6.07) is 56.3. The van der Waals surface area contributed by atoms with Crippen molar-refractivity contribution < 1.29 is 0 Å². The molecule has 11 rings (SSSR count). The molecule has 0 amide bonds. The molecule has 0 saturated heterocycles. The van der Waals surface area contributed by atoms with E-state index in [0.29, 0.717) is 0 Å². The molecule has 3 aromatic heterocycles. The van der Waals surface area contributed by atoms with Crippen LogP contribution in [0.3, 0.4) is 0 Å². The maximum atomic E-state index is 2.46. The topological polar surface area (TPSA) is 9.86 Å². The van der Waals surface area contributed by atoms with E-state index in [9.17, 15) is 0 Å². The highest BCUT2D eigenvalue weighted by Gasteiger charge is 2.17. The van der Waals surface area contributed by atoms with Crippen molar-refractivity contribution in [1.82, 2.24) is 9.13 Å². The van der Waals surface area contributed by atoms with E-state index in [-0.39, 0.29) is 0 Å². The van der Waals surface area contributed by atoms with Crippen LogP contribution >= 0.6 is 11.3 Å². The van der Waals surface area contributed by atoms with Gasteiger partial charge in [-0.15, -0.1) is 11.3 Å². The molecule has 1 aliphatic rings. The number of thiophene rings is 1. The van der Waals surface area contributed by atoms with E-state index in [1.54, 1.807) is 0 Å². The molecular weight excluding hydrogens is 637 g/mol. The summed E-state index contributed by atoms with van der Waals surface area (Å²) < 4.78 is 7.56. The average molecular weight is 669 g/mol. The molecule has 240 valence electrons. The Morgan fingerprint density at radius 2 is 0.980 bits per heavy atom. The molecule has 0 bridgehead atoms. The fourth-order valence-corrected chi connectivity index (χ4v) is 9.49. The Labute approximate surface area is 299 Å². The number of fused-ring (bicyclic) bond motifs is 9. The maximum absolute atomic E-state index is 2.46. The minimum Gasteiger partial charge on any atom is -0.313 e. The molecule has 51 heavy (non-hydrogen) atoms. The molecule has 0 spiro atoms. The normalized spacial score (nSPS) is 13.4. The second kappa shape index (κ2) is 11.2. The van der Waals surface area contributed by atoms with E-state index in [0.717, 1.165) is 12.8 Å². The fraction of sp³-hybridized carbons (Fsp3) is 0.0417. The lowest BCUT2D eigenvalue weighted by atomic mass is 10.0. The van der Waals surface area contributed by atoms with Gasteiger partial charge in [-0.25, -0.2) is 0 Å². The van der Waals surface area contributed by atoms with Crippen molar-refractivity contribution in [1.29, 1.82) is 0 Å². The highest BCUT2D eigenvalue weighted by molar-refractivity contribution is 7.25. The minimum atomic E-state index is 1.05. The summed E-state index contributed by atoms with van der Waals surface area (Å²) in [5.74, 6) is 0. The van der Waals surface area contributed by atoms with Gasteiger partial charge in [0.1, 0.15) is 0 Å². The lowest BCUT2D eigenvalue weighted by Gasteiger charge is -2.14. The van der Waals surface area contributed by atoms with Gasteiger partial charge in [-0.1, -0.05) is 97.1 Å². The van der Waals surface area contributed by atoms with Crippen LogP contribution < -0.4 is 0 Å². The van der Waals surface area contributed by atoms with E-state index in [2.05, 4.69) is 179 Å². The van der Waals surface area contributed by atoms with Crippen molar-refractivity contribution in [3.8, 4) is 27.9 Å². The molecule has 3 heteroatoms. The molecule has 0 radical (unpaired) electrons. The van der Waals surface area contributed by atoms with E-state index in [4.69, 9.17) is 0 Å². The average Bonchev–Trinajstić information content (AvgIpc) is 3.85. The van der Waals surface area contributed by atoms with Crippen LogP contribution in [0.4, 0.5) is 0 Å². The van der Waals surface area contributed by atoms with E-state index in [1.807, 2.05) is 11.3 Å². The monoisotopic (exact) mass is 668 g/mol. The first-order chi connectivity index (χ1) is 25.3. The molecule has 3 heterocycles. The predicted octanol–water partition coefficient (Wildman–Crippen LogP) is 13.8. The first-order valence-electron chi connectivity index (χ1n) is 17.7. The van der Waals surface area contributed by atoms with Crippen molar-refractivity contribution in [2.24, 2.45) is 0 Å². The number of hydrogen-bond donors (Lipinski definition) is 0. The highest BCUT2D eigenvalue weighted by Crippen LogP contribution is 2.40. The van der Waals surface area contributed by atoms with Crippen LogP contribution in [0, 0.1) is 0 Å². The molecule has 0 N–H and O–H groups in total. The Hall–Kier alpha value is -6.16. The van der Waals surface area contributed by atoms with Gasteiger partial charge in [-0.2, -0.15) is 0 Å². The summed E-state index contributed by atoms with van der Waals surface area (Å²) in [4.78, 5) is 0. The zero-order valence-corrected chi connectivity index (χ0v) is 28.7. The fourth-order valence-electron chi connectivity index (χ4n) is 8.40. The quantitative estimate of drug-likeness (QED) is 0.177. The highest BCUT2D eigenvalue weighted by atomic mass is 32.1. The standard InChI is InChI=1S/C48H32N2S/c1-2-12-35(13-3-1)49-43-18-7-4-15-37(43)40-28-32(21-24-45(40)49)33-22-25-46-41(29-33)38-16-5-8-19-44(38)50(46)36-14-10-11-31(27-36)34-23-26-48-42(30-34)39-17-6-9-20-47(39)51-48/h1-2,4-12,14-30H,3,13H2. The first-order valence-corrected chi connectivity index (χ1v) is 18.6. The van der Waals surface area contributed by atoms with Gasteiger partial charge in [0.2, 0.25) is 0 Å². The van der Waals surface area contributed by atoms with Crippen LogP contribution in [-0.2, 0) is 0 Å². The molecule has 0 aliphatic heterocycles. The lowest BCUT2D eigenvalue weighted by Crippen LogP contribution is -1.98. The molecular formula is C48H32N2S. The molecule has 1 aliphatic carbocycles. The van der Waals surface area contributed by atoms with Crippen molar-refractivity contribution in [3.05, 3.63) is 170 Å². The summed E-state index contributed by atoms with van der Waals surface area (Å²) in [7, 11) is 0. The summed E-state index contributed by atoms with van der Waals surface area (Å²) in [5, 5.41) is 7.79. The third-order valence-corrected chi connectivity index (χ3v) is 11.9. The zero-order chi connectivity index (χ0) is 33.5. The number of aromatic nitrogens is 2. The second-order valence-corrected chi connectivity index (χ2v) is 14.7. The summed E-state index contributed by atoms with van der Waals surface area (Å²) in [5.41, 5.74) is 12.4. The van der Waals surface area contributed by atoms with E-state index < -0.39 is 0 Å². The van der Waals surface area contributed by atoms with E-state index in [1.165, 1.54) is 97.4 Å². The molecule has 7 aromatic carbocycles. The lowest BCUT2D eigenvalue weighted by molar-refractivity contribution is 0.979. The molecule has 10 aromatic rings. The Kier molecular flexibility index (Phi) is 6.28. The molecule has 0 fully saturated rings. The van der Waals surface area contributed by atoms with Crippen molar-refractivity contribution in [3.63, 3.8) is 0 Å². The molecule has 0 saturated carbocycles. The Bertz CT molecular complexity index is 3090. The Balaban J connectivity index is 1.05. The van der Waals surface area contributed by atoms with Gasteiger partial charge in [0.05, 0.1) is 22.1 Å². The number of rotatable bonds is 4. The molecule has 0 atom stereocenters. The van der Waals surface area contributed by atoms with Gasteiger partial charge in [0.25, 0.3) is 0 Å². The van der Waals surface area contributed by atoms with Gasteiger partial charge in [-0.3, -0.25) is 0 Å². The van der Waals surface area contributed by atoms with Gasteiger partial charge in [0.15, 0.2) is 0 Å². The number of allylic oxidation sites excluding steroid dienone is 4. The van der Waals surface area contributed by atoms with Gasteiger partial charge in [-0.05, 0) is 108 Å². The summed E-state index contributed by atoms with van der Waals surface area (Å²) in [6.45, 7) is 0. The van der Waals surface area contributed by atoms with Crippen LogP contribution in [0.15, 0.2) is 170 Å². The Morgan fingerprint density at radius 3 is 1.71 bits per heavy atom. The number of benzene rings is 7. The smallest absolute Gasteiger partial charge is 0.0541 e. The van der Waals surface area contributed by atoms with Crippen LogP contribution in [0.25, 0.3) is 97.4 Å². The van der Waals surface area contributed by atoms with Crippen LogP contribution in [0.2, 0.25) is 0 Å². The van der Waals surface area contributed by atoms with Crippen molar-refractivity contribution in [2.75, 3.05) is 0 Å². The van der Waals surface area contributed by atoms with Crippen molar-refractivity contribution >= 4 is 80.8 Å². The maximum Gasteiger partial charge on any atom is 0.0541 e. The van der Waals surface area contributed by atoms with Gasteiger partial charge in [0, 0.05) is 53.1 Å². The third kappa shape index (κ3) is 4.42. The zero-order valence-electron chi connectivity index (χ0n) is 27.9. The summed E-state index contributed by atoms with van der Waals surface area (Å²) >= 11 is 1.87. The Morgan fingerprint density at radius 1 is 0.412 bits per heavy atom. The van der Waals surface area contributed by atoms with Gasteiger partial charge >= 0.3 is 0 Å². The van der Waals surface area contributed by atoms with Crippen molar-refractivity contribution in [2.45, 2.75) is 12.8 Å². The van der Waals surface area contributed by atoms with Crippen LogP contribution in [-0.4, -0.2) is 9.13 Å². The largest absolute Gasteiger partial charge is 0.313 e. The molecule has 2 nitrogen and oxygen atoms in total. The number of nitrogens with zero attached hydrogens (tertiary/aromatic N) is 2. The number of para-hydroxylation sites is 2. The predicted molar refractivity (Wildman–Crippen MR) is 220 cm³/mol. The van der Waals surface area contributed by atoms with E-state index >= 15 is 0 Å². The molecule has 0 unspecified atom stereocenters. The van der Waals surface area contributed by atoms with Crippen LogP contribution in [0.1, 0.15) is 12.8 Å². The summed E-state index contributed by atoms with van der Waals surface area (Å²) in [6.07, 6.45) is 8.86. The van der Waals surface area contributed by atoms with Crippen LogP contribution in [0.5, 0.6) is 0 Å². The third-order valence-electron chi connectivity index (χ3n) is 10.8. The number of hydrogen-bond acceptors (Lipinski definition) is 1. The SMILES string of the molecule is C1=CCCC(n2c3ccccc3c3cc(-c4ccc5c(c4)c4ccccc4n5-c4cccc(-c5ccc6sc7ccccc7c6c5)c4)ccc32)=C1. The minimum absolute atomic E-state index is 1.05. The first kappa shape index (κ1) is 28.7.